The van der Waals surface area contributed by atoms with Crippen LogP contribution in [0.15, 0.2) is 64.3 Å². The zero-order valence-electron chi connectivity index (χ0n) is 14.0. The van der Waals surface area contributed by atoms with Crippen molar-refractivity contribution in [3.05, 3.63) is 76.1 Å². The first-order chi connectivity index (χ1) is 12.4. The number of rotatable bonds is 3. The molecule has 0 aliphatic carbocycles. The molecule has 1 aliphatic heterocycles. The van der Waals surface area contributed by atoms with Crippen molar-refractivity contribution in [2.24, 2.45) is 0 Å². The van der Waals surface area contributed by atoms with Crippen LogP contribution in [0.4, 0.5) is 5.69 Å². The Labute approximate surface area is 154 Å². The van der Waals surface area contributed by atoms with E-state index in [4.69, 9.17) is 20.8 Å². The third-order valence-corrected chi connectivity index (χ3v) is 4.99. The molecule has 1 atom stereocenters. The molecule has 0 spiro atoms. The van der Waals surface area contributed by atoms with E-state index in [9.17, 15) is 9.90 Å². The molecule has 4 rings (SSSR count). The van der Waals surface area contributed by atoms with Gasteiger partial charge in [-0.05, 0) is 42.5 Å². The number of nitrogens with zero attached hydrogens (tertiary/aromatic N) is 1. The molecule has 6 heteroatoms. The van der Waals surface area contributed by atoms with Crippen LogP contribution in [0.2, 0.25) is 5.02 Å². The van der Waals surface area contributed by atoms with E-state index in [1.54, 1.807) is 54.4 Å². The summed E-state index contributed by atoms with van der Waals surface area (Å²) in [5, 5.41) is 12.6. The summed E-state index contributed by atoms with van der Waals surface area (Å²) in [6.07, 6.45) is 0. The Morgan fingerprint density at radius 2 is 1.92 bits per heavy atom. The average molecular weight is 370 g/mol. The molecular weight excluding hydrogens is 354 g/mol. The molecule has 0 saturated carbocycles. The van der Waals surface area contributed by atoms with E-state index >= 15 is 0 Å². The molecule has 1 unspecified atom stereocenters. The second-order valence-corrected chi connectivity index (χ2v) is 6.66. The van der Waals surface area contributed by atoms with Gasteiger partial charge in [0.05, 0.1) is 0 Å². The van der Waals surface area contributed by atoms with Crippen molar-refractivity contribution in [2.75, 3.05) is 18.6 Å². The van der Waals surface area contributed by atoms with Gasteiger partial charge in [-0.1, -0.05) is 18.2 Å². The SMILES string of the molecule is C=C1c2c(ccc3oc(=O)ccc23)N(C)C1(O)COc1ccc(Cl)cc1. The fourth-order valence-corrected chi connectivity index (χ4v) is 3.36. The van der Waals surface area contributed by atoms with Crippen LogP contribution < -0.4 is 15.3 Å². The fraction of sp³-hybridized carbons (Fsp3) is 0.150. The van der Waals surface area contributed by atoms with Gasteiger partial charge in [-0.3, -0.25) is 0 Å². The molecule has 2 aromatic carbocycles. The van der Waals surface area contributed by atoms with E-state index in [0.717, 1.165) is 16.6 Å². The number of aliphatic hydroxyl groups is 1. The Balaban J connectivity index is 1.71. The molecule has 1 aromatic heterocycles. The maximum atomic E-state index is 11.5. The highest BCUT2D eigenvalue weighted by molar-refractivity contribution is 6.30. The largest absolute Gasteiger partial charge is 0.488 e. The number of halogens is 1. The maximum Gasteiger partial charge on any atom is 0.336 e. The van der Waals surface area contributed by atoms with Crippen LogP contribution in [0.3, 0.4) is 0 Å². The number of hydrogen-bond donors (Lipinski definition) is 1. The van der Waals surface area contributed by atoms with Crippen molar-refractivity contribution in [1.82, 2.24) is 0 Å². The minimum absolute atomic E-state index is 0.0169. The Hall–Kier alpha value is -2.76. The van der Waals surface area contributed by atoms with Gasteiger partial charge < -0.3 is 19.2 Å². The number of hydrogen-bond acceptors (Lipinski definition) is 5. The van der Waals surface area contributed by atoms with Gasteiger partial charge in [-0.25, -0.2) is 4.79 Å². The number of likely N-dealkylation sites (N-methyl/N-ethyl adjacent to an activating group) is 1. The van der Waals surface area contributed by atoms with E-state index in [1.165, 1.54) is 6.07 Å². The lowest BCUT2D eigenvalue weighted by molar-refractivity contribution is 0.0523. The third-order valence-electron chi connectivity index (χ3n) is 4.74. The molecule has 0 bridgehead atoms. The molecule has 0 saturated heterocycles. The summed E-state index contributed by atoms with van der Waals surface area (Å²) in [5.41, 5.74) is 0.634. The second kappa shape index (κ2) is 5.90. The van der Waals surface area contributed by atoms with Gasteiger partial charge in [-0.2, -0.15) is 0 Å². The lowest BCUT2D eigenvalue weighted by Gasteiger charge is -2.32. The van der Waals surface area contributed by atoms with E-state index in [1.807, 2.05) is 0 Å². The van der Waals surface area contributed by atoms with Crippen LogP contribution >= 0.6 is 11.6 Å². The van der Waals surface area contributed by atoms with Crippen molar-refractivity contribution in [1.29, 1.82) is 0 Å². The van der Waals surface area contributed by atoms with Crippen molar-refractivity contribution in [2.45, 2.75) is 5.72 Å². The summed E-state index contributed by atoms with van der Waals surface area (Å²) in [6, 6.07) is 13.5. The van der Waals surface area contributed by atoms with Crippen LogP contribution in [0.25, 0.3) is 16.5 Å². The van der Waals surface area contributed by atoms with Gasteiger partial charge >= 0.3 is 5.63 Å². The molecule has 2 heterocycles. The first-order valence-electron chi connectivity index (χ1n) is 8.01. The zero-order chi connectivity index (χ0) is 18.5. The van der Waals surface area contributed by atoms with Crippen LogP contribution in [0, 0.1) is 0 Å². The molecule has 3 aromatic rings. The smallest absolute Gasteiger partial charge is 0.336 e. The molecular formula is C20H16ClNO4. The van der Waals surface area contributed by atoms with Crippen LogP contribution in [-0.4, -0.2) is 24.5 Å². The van der Waals surface area contributed by atoms with Gasteiger partial charge in [-0.15, -0.1) is 0 Å². The van der Waals surface area contributed by atoms with Crippen molar-refractivity contribution < 1.29 is 14.3 Å². The van der Waals surface area contributed by atoms with Crippen molar-refractivity contribution in [3.8, 4) is 5.75 Å². The highest BCUT2D eigenvalue weighted by Crippen LogP contribution is 2.47. The Morgan fingerprint density at radius 3 is 2.65 bits per heavy atom. The number of benzene rings is 2. The molecule has 0 fully saturated rings. The van der Waals surface area contributed by atoms with Crippen molar-refractivity contribution in [3.63, 3.8) is 0 Å². The van der Waals surface area contributed by atoms with E-state index in [2.05, 4.69) is 6.58 Å². The summed E-state index contributed by atoms with van der Waals surface area (Å²) in [4.78, 5) is 13.2. The number of anilines is 1. The van der Waals surface area contributed by atoms with E-state index < -0.39 is 11.4 Å². The number of fused-ring (bicyclic) bond motifs is 3. The van der Waals surface area contributed by atoms with Gasteiger partial charge in [0.15, 0.2) is 5.72 Å². The molecule has 132 valence electrons. The topological polar surface area (TPSA) is 62.9 Å². The molecule has 1 aliphatic rings. The van der Waals surface area contributed by atoms with Gasteiger partial charge in [0.1, 0.15) is 17.9 Å². The van der Waals surface area contributed by atoms with E-state index in [-0.39, 0.29) is 6.61 Å². The van der Waals surface area contributed by atoms with Crippen LogP contribution in [-0.2, 0) is 0 Å². The highest BCUT2D eigenvalue weighted by Gasteiger charge is 2.45. The fourth-order valence-electron chi connectivity index (χ4n) is 3.23. The minimum atomic E-state index is -1.42. The standard InChI is InChI=1S/C20H16ClNO4/c1-12-19-15-7-10-18(23)26-17(15)9-8-16(19)22(2)20(12,24)11-25-14-5-3-13(21)4-6-14/h3-10,24H,1,11H2,2H3. The predicted octanol–water partition coefficient (Wildman–Crippen LogP) is 3.68. The summed E-state index contributed by atoms with van der Waals surface area (Å²) < 4.78 is 11.0. The Bertz CT molecular complexity index is 1070. The quantitative estimate of drug-likeness (QED) is 0.713. The van der Waals surface area contributed by atoms with Crippen molar-refractivity contribution >= 4 is 33.8 Å². The third kappa shape index (κ3) is 2.48. The maximum absolute atomic E-state index is 11.5. The highest BCUT2D eigenvalue weighted by atomic mass is 35.5. The zero-order valence-corrected chi connectivity index (χ0v) is 14.8. The van der Waals surface area contributed by atoms with Crippen LogP contribution in [0.5, 0.6) is 5.75 Å². The molecule has 0 radical (unpaired) electrons. The minimum Gasteiger partial charge on any atom is -0.488 e. The van der Waals surface area contributed by atoms with Gasteiger partial charge in [0.2, 0.25) is 0 Å². The second-order valence-electron chi connectivity index (χ2n) is 6.22. The summed E-state index contributed by atoms with van der Waals surface area (Å²) >= 11 is 5.88. The van der Waals surface area contributed by atoms with Gasteiger partial charge in [0.25, 0.3) is 0 Å². The van der Waals surface area contributed by atoms with Gasteiger partial charge in [0, 0.05) is 40.3 Å². The summed E-state index contributed by atoms with van der Waals surface area (Å²) in [6.45, 7) is 4.07. The first kappa shape index (κ1) is 16.7. The lowest BCUT2D eigenvalue weighted by Crippen LogP contribution is -2.48. The first-order valence-corrected chi connectivity index (χ1v) is 8.39. The predicted molar refractivity (Wildman–Crippen MR) is 102 cm³/mol. The van der Waals surface area contributed by atoms with Crippen LogP contribution in [0.1, 0.15) is 5.56 Å². The lowest BCUT2D eigenvalue weighted by atomic mass is 9.98. The monoisotopic (exact) mass is 369 g/mol. The molecule has 0 amide bonds. The molecule has 1 N–H and O–H groups in total. The Kier molecular flexibility index (Phi) is 3.79. The summed E-state index contributed by atoms with van der Waals surface area (Å²) in [5.74, 6) is 0.593. The van der Waals surface area contributed by atoms with E-state index in [0.29, 0.717) is 21.9 Å². The summed E-state index contributed by atoms with van der Waals surface area (Å²) in [7, 11) is 1.77. The Morgan fingerprint density at radius 1 is 1.19 bits per heavy atom. The average Bonchev–Trinajstić information content (AvgIpc) is 2.83. The molecule has 26 heavy (non-hydrogen) atoms. The normalized spacial score (nSPS) is 19.0. The molecule has 5 nitrogen and oxygen atoms in total. The number of ether oxygens (including phenoxy) is 1.